The molecule has 1 unspecified atom stereocenters. The molecule has 1 saturated carbocycles. The Kier molecular flexibility index (Phi) is 3.69. The summed E-state index contributed by atoms with van der Waals surface area (Å²) in [7, 11) is 1.68. The number of benzene rings is 1. The van der Waals surface area contributed by atoms with Gasteiger partial charge < -0.3 is 15.2 Å². The molecule has 1 fully saturated rings. The van der Waals surface area contributed by atoms with Crippen LogP contribution in [0.5, 0.6) is 5.75 Å². The van der Waals surface area contributed by atoms with Gasteiger partial charge in [-0.15, -0.1) is 0 Å². The first kappa shape index (κ1) is 12.4. The molecule has 1 atom stereocenters. The first-order valence-electron chi connectivity index (χ1n) is 6.17. The van der Waals surface area contributed by atoms with Gasteiger partial charge in [0.1, 0.15) is 5.75 Å². The van der Waals surface area contributed by atoms with Gasteiger partial charge in [-0.1, -0.05) is 12.1 Å². The van der Waals surface area contributed by atoms with Crippen LogP contribution in [-0.2, 0) is 0 Å². The zero-order chi connectivity index (χ0) is 12.3. The molecule has 0 spiro atoms. The zero-order valence-electron chi connectivity index (χ0n) is 10.6. The Labute approximate surface area is 103 Å². The standard InChI is InChI=1S/C14H21NO2/c1-11(15-9-14(10-16)6-7-14)12-4-3-5-13(8-12)17-2/h3-5,8,11,15-16H,6-7,9-10H2,1-2H3. The maximum atomic E-state index is 9.26. The van der Waals surface area contributed by atoms with E-state index >= 15 is 0 Å². The van der Waals surface area contributed by atoms with Gasteiger partial charge in [0.05, 0.1) is 7.11 Å². The summed E-state index contributed by atoms with van der Waals surface area (Å²) in [5, 5.41) is 12.8. The third kappa shape index (κ3) is 2.99. The van der Waals surface area contributed by atoms with Crippen LogP contribution < -0.4 is 10.1 Å². The van der Waals surface area contributed by atoms with E-state index in [0.717, 1.165) is 25.1 Å². The van der Waals surface area contributed by atoms with Crippen LogP contribution in [0.3, 0.4) is 0 Å². The summed E-state index contributed by atoms with van der Waals surface area (Å²) in [6, 6.07) is 8.39. The highest BCUT2D eigenvalue weighted by molar-refractivity contribution is 5.30. The molecule has 0 radical (unpaired) electrons. The van der Waals surface area contributed by atoms with E-state index in [2.05, 4.69) is 24.4 Å². The molecule has 0 bridgehead atoms. The van der Waals surface area contributed by atoms with E-state index in [4.69, 9.17) is 4.74 Å². The predicted octanol–water partition coefficient (Wildman–Crippen LogP) is 2.12. The largest absolute Gasteiger partial charge is 0.497 e. The molecule has 1 aliphatic rings. The Morgan fingerprint density at radius 1 is 1.47 bits per heavy atom. The number of aliphatic hydroxyl groups excluding tert-OH is 1. The molecule has 1 aliphatic carbocycles. The van der Waals surface area contributed by atoms with Crippen molar-refractivity contribution in [2.45, 2.75) is 25.8 Å². The highest BCUT2D eigenvalue weighted by atomic mass is 16.5. The van der Waals surface area contributed by atoms with Crippen molar-refractivity contribution in [1.29, 1.82) is 0 Å². The minimum Gasteiger partial charge on any atom is -0.497 e. The van der Waals surface area contributed by atoms with E-state index in [0.29, 0.717) is 6.61 Å². The lowest BCUT2D eigenvalue weighted by Crippen LogP contribution is -2.28. The molecule has 0 aliphatic heterocycles. The first-order valence-corrected chi connectivity index (χ1v) is 6.17. The number of hydrogen-bond acceptors (Lipinski definition) is 3. The highest BCUT2D eigenvalue weighted by Gasteiger charge is 2.41. The number of hydrogen-bond donors (Lipinski definition) is 2. The fraction of sp³-hybridized carbons (Fsp3) is 0.571. The Hall–Kier alpha value is -1.06. The van der Waals surface area contributed by atoms with Crippen molar-refractivity contribution < 1.29 is 9.84 Å². The Morgan fingerprint density at radius 3 is 2.82 bits per heavy atom. The van der Waals surface area contributed by atoms with E-state index in [9.17, 15) is 5.11 Å². The SMILES string of the molecule is COc1cccc(C(C)NCC2(CO)CC2)c1. The number of nitrogens with one attached hydrogen (secondary N) is 1. The van der Waals surface area contributed by atoms with Crippen molar-refractivity contribution in [3.63, 3.8) is 0 Å². The van der Waals surface area contributed by atoms with Gasteiger partial charge in [-0.2, -0.15) is 0 Å². The summed E-state index contributed by atoms with van der Waals surface area (Å²) in [6.45, 7) is 3.33. The molecular formula is C14H21NO2. The van der Waals surface area contributed by atoms with Crippen LogP contribution >= 0.6 is 0 Å². The molecule has 2 rings (SSSR count). The fourth-order valence-corrected chi connectivity index (χ4v) is 1.97. The minimum absolute atomic E-state index is 0.160. The summed E-state index contributed by atoms with van der Waals surface area (Å²) in [4.78, 5) is 0. The van der Waals surface area contributed by atoms with E-state index < -0.39 is 0 Å². The summed E-state index contributed by atoms with van der Waals surface area (Å²) in [5.41, 5.74) is 1.38. The maximum Gasteiger partial charge on any atom is 0.119 e. The third-order valence-electron chi connectivity index (χ3n) is 3.67. The van der Waals surface area contributed by atoms with E-state index in [-0.39, 0.29) is 11.5 Å². The van der Waals surface area contributed by atoms with Crippen molar-refractivity contribution in [3.05, 3.63) is 29.8 Å². The second-order valence-electron chi connectivity index (χ2n) is 5.04. The summed E-state index contributed by atoms with van der Waals surface area (Å²) in [5.74, 6) is 0.888. The van der Waals surface area contributed by atoms with Gasteiger partial charge in [-0.3, -0.25) is 0 Å². The second kappa shape index (κ2) is 5.07. The van der Waals surface area contributed by atoms with Gasteiger partial charge in [-0.05, 0) is 37.5 Å². The quantitative estimate of drug-likeness (QED) is 0.793. The molecule has 2 N–H and O–H groups in total. The lowest BCUT2D eigenvalue weighted by atomic mass is 10.1. The topological polar surface area (TPSA) is 41.5 Å². The van der Waals surface area contributed by atoms with Crippen molar-refractivity contribution >= 4 is 0 Å². The maximum absolute atomic E-state index is 9.26. The van der Waals surface area contributed by atoms with E-state index in [1.807, 2.05) is 12.1 Å². The van der Waals surface area contributed by atoms with Crippen LogP contribution in [0.4, 0.5) is 0 Å². The average Bonchev–Trinajstić information content (AvgIpc) is 3.17. The lowest BCUT2D eigenvalue weighted by molar-refractivity contribution is 0.204. The average molecular weight is 235 g/mol. The van der Waals surface area contributed by atoms with Crippen molar-refractivity contribution in [1.82, 2.24) is 5.32 Å². The lowest BCUT2D eigenvalue weighted by Gasteiger charge is -2.19. The Bertz CT molecular complexity index is 374. The molecule has 0 aromatic heterocycles. The minimum atomic E-state index is 0.160. The Balaban J connectivity index is 1.92. The highest BCUT2D eigenvalue weighted by Crippen LogP contribution is 2.44. The molecule has 0 amide bonds. The van der Waals surface area contributed by atoms with Crippen LogP contribution in [0, 0.1) is 5.41 Å². The molecule has 0 heterocycles. The fourth-order valence-electron chi connectivity index (χ4n) is 1.97. The predicted molar refractivity (Wildman–Crippen MR) is 68.2 cm³/mol. The van der Waals surface area contributed by atoms with Crippen LogP contribution in [-0.4, -0.2) is 25.4 Å². The molecular weight excluding hydrogens is 214 g/mol. The molecule has 94 valence electrons. The normalized spacial score (nSPS) is 18.8. The third-order valence-corrected chi connectivity index (χ3v) is 3.67. The van der Waals surface area contributed by atoms with Gasteiger partial charge in [0.25, 0.3) is 0 Å². The monoisotopic (exact) mass is 235 g/mol. The van der Waals surface area contributed by atoms with Crippen LogP contribution in [0.1, 0.15) is 31.4 Å². The molecule has 1 aromatic rings. The Morgan fingerprint density at radius 2 is 2.24 bits per heavy atom. The first-order chi connectivity index (χ1) is 8.19. The number of ether oxygens (including phenoxy) is 1. The van der Waals surface area contributed by atoms with Crippen LogP contribution in [0.15, 0.2) is 24.3 Å². The number of aliphatic hydroxyl groups is 1. The molecule has 17 heavy (non-hydrogen) atoms. The summed E-state index contributed by atoms with van der Waals surface area (Å²) in [6.07, 6.45) is 2.28. The summed E-state index contributed by atoms with van der Waals surface area (Å²) >= 11 is 0. The zero-order valence-corrected chi connectivity index (χ0v) is 10.6. The molecule has 3 nitrogen and oxygen atoms in total. The van der Waals surface area contributed by atoms with E-state index in [1.54, 1.807) is 7.11 Å². The van der Waals surface area contributed by atoms with Gasteiger partial charge in [0.2, 0.25) is 0 Å². The van der Waals surface area contributed by atoms with Gasteiger partial charge in [-0.25, -0.2) is 0 Å². The smallest absolute Gasteiger partial charge is 0.119 e. The van der Waals surface area contributed by atoms with E-state index in [1.165, 1.54) is 5.56 Å². The van der Waals surface area contributed by atoms with Gasteiger partial charge in [0, 0.05) is 24.6 Å². The molecule has 0 saturated heterocycles. The van der Waals surface area contributed by atoms with Gasteiger partial charge >= 0.3 is 0 Å². The van der Waals surface area contributed by atoms with Crippen LogP contribution in [0.2, 0.25) is 0 Å². The number of rotatable bonds is 6. The van der Waals surface area contributed by atoms with Crippen molar-refractivity contribution in [2.75, 3.05) is 20.3 Å². The molecule has 3 heteroatoms. The second-order valence-corrected chi connectivity index (χ2v) is 5.04. The summed E-state index contributed by atoms with van der Waals surface area (Å²) < 4.78 is 5.22. The van der Waals surface area contributed by atoms with Crippen molar-refractivity contribution in [3.8, 4) is 5.75 Å². The van der Waals surface area contributed by atoms with Crippen LogP contribution in [0.25, 0.3) is 0 Å². The molecule has 1 aromatic carbocycles. The van der Waals surface area contributed by atoms with Gasteiger partial charge in [0.15, 0.2) is 0 Å². The number of methoxy groups -OCH3 is 1. The van der Waals surface area contributed by atoms with Crippen molar-refractivity contribution in [2.24, 2.45) is 5.41 Å².